The zero-order valence-electron chi connectivity index (χ0n) is 12.4. The summed E-state index contributed by atoms with van der Waals surface area (Å²) in [6.07, 6.45) is 5.39. The molecule has 1 fully saturated rings. The Kier molecular flexibility index (Phi) is 3.90. The number of alkyl halides is 2. The number of halogens is 2. The highest BCUT2D eigenvalue weighted by Gasteiger charge is 2.55. The van der Waals surface area contributed by atoms with Crippen molar-refractivity contribution in [2.45, 2.75) is 37.2 Å². The van der Waals surface area contributed by atoms with Gasteiger partial charge in [0.15, 0.2) is 5.65 Å². The van der Waals surface area contributed by atoms with Gasteiger partial charge in [0.05, 0.1) is 6.54 Å². The van der Waals surface area contributed by atoms with Crippen molar-refractivity contribution in [3.63, 3.8) is 0 Å². The molecule has 1 saturated carbocycles. The van der Waals surface area contributed by atoms with E-state index < -0.39 is 18.1 Å². The Morgan fingerprint density at radius 3 is 2.68 bits per heavy atom. The van der Waals surface area contributed by atoms with Gasteiger partial charge in [0, 0.05) is 19.5 Å². The first kappa shape index (κ1) is 15.0. The summed E-state index contributed by atoms with van der Waals surface area (Å²) in [7, 11) is 1.36. The third kappa shape index (κ3) is 2.61. The quantitative estimate of drug-likeness (QED) is 0.920. The summed E-state index contributed by atoms with van der Waals surface area (Å²) < 4.78 is 34.3. The summed E-state index contributed by atoms with van der Waals surface area (Å²) in [4.78, 5) is 12.4. The van der Waals surface area contributed by atoms with Crippen molar-refractivity contribution in [1.29, 1.82) is 0 Å². The first-order valence-electron chi connectivity index (χ1n) is 7.31. The fraction of sp³-hybridized carbons (Fsp3) is 0.533. The van der Waals surface area contributed by atoms with E-state index in [0.29, 0.717) is 29.8 Å². The Morgan fingerprint density at radius 1 is 1.23 bits per heavy atom. The molecule has 0 saturated heterocycles. The molecule has 22 heavy (non-hydrogen) atoms. The van der Waals surface area contributed by atoms with Gasteiger partial charge in [-0.25, -0.2) is 18.7 Å². The van der Waals surface area contributed by atoms with Crippen molar-refractivity contribution >= 4 is 17.0 Å². The summed E-state index contributed by atoms with van der Waals surface area (Å²) in [5, 5.41) is 2.70. The smallest absolute Gasteiger partial charge is 0.293 e. The number of nitrogens with one attached hydrogen (secondary N) is 1. The van der Waals surface area contributed by atoms with Crippen LogP contribution in [0.15, 0.2) is 24.5 Å². The number of hydrogen-bond donors (Lipinski definition) is 1. The minimum atomic E-state index is -2.96. The highest BCUT2D eigenvalue weighted by Crippen LogP contribution is 2.44. The number of nitrogens with zero attached hydrogens (tertiary/aromatic N) is 3. The first-order chi connectivity index (χ1) is 10.6. The van der Waals surface area contributed by atoms with Crippen LogP contribution in [-0.4, -0.2) is 40.1 Å². The Bertz CT molecular complexity index is 659. The van der Waals surface area contributed by atoms with Crippen molar-refractivity contribution in [3.05, 3.63) is 24.5 Å². The lowest BCUT2D eigenvalue weighted by Gasteiger charge is -2.36. The van der Waals surface area contributed by atoms with Crippen LogP contribution in [-0.2, 0) is 4.74 Å². The van der Waals surface area contributed by atoms with Gasteiger partial charge in [0.25, 0.3) is 5.92 Å². The van der Waals surface area contributed by atoms with E-state index >= 15 is 0 Å². The predicted molar refractivity (Wildman–Crippen MR) is 79.0 cm³/mol. The number of hydrogen-bond acceptors (Lipinski definition) is 5. The second-order valence-electron chi connectivity index (χ2n) is 5.56. The van der Waals surface area contributed by atoms with Gasteiger partial charge in [-0.1, -0.05) is 12.8 Å². The van der Waals surface area contributed by atoms with Crippen LogP contribution < -0.4 is 5.32 Å². The number of ether oxygens (including phenoxy) is 1. The molecule has 2 heterocycles. The van der Waals surface area contributed by atoms with Crippen LogP contribution in [0.3, 0.4) is 0 Å². The molecule has 0 spiro atoms. The Labute approximate surface area is 127 Å². The summed E-state index contributed by atoms with van der Waals surface area (Å²) >= 11 is 0. The molecule has 0 atom stereocenters. The van der Waals surface area contributed by atoms with E-state index in [2.05, 4.69) is 20.3 Å². The molecule has 0 bridgehead atoms. The molecule has 0 aliphatic heterocycles. The van der Waals surface area contributed by atoms with Crippen LogP contribution in [0, 0.1) is 0 Å². The fourth-order valence-corrected chi connectivity index (χ4v) is 2.98. The van der Waals surface area contributed by atoms with E-state index in [9.17, 15) is 8.78 Å². The van der Waals surface area contributed by atoms with Crippen molar-refractivity contribution < 1.29 is 13.5 Å². The van der Waals surface area contributed by atoms with Crippen LogP contribution in [0.4, 0.5) is 14.6 Å². The maximum atomic E-state index is 14.5. The molecule has 5 nitrogen and oxygen atoms in total. The number of aromatic nitrogens is 3. The van der Waals surface area contributed by atoms with Crippen LogP contribution in [0.5, 0.6) is 0 Å². The molecule has 2 aromatic heterocycles. The molecule has 0 unspecified atom stereocenters. The summed E-state index contributed by atoms with van der Waals surface area (Å²) in [5.41, 5.74) is -0.307. The highest BCUT2D eigenvalue weighted by molar-refractivity contribution is 5.71. The van der Waals surface area contributed by atoms with Crippen LogP contribution in [0.25, 0.3) is 11.2 Å². The SMILES string of the molecule is COC1(C(F)(F)CNc2ccc3nccnc3n2)CCCC1. The van der Waals surface area contributed by atoms with Gasteiger partial charge in [0.2, 0.25) is 0 Å². The molecule has 0 aromatic carbocycles. The van der Waals surface area contributed by atoms with Gasteiger partial charge in [0.1, 0.15) is 16.9 Å². The zero-order chi connectivity index (χ0) is 15.6. The standard InChI is InChI=1S/C15H18F2N4O/c1-22-14(6-2-3-7-14)15(16,17)10-20-12-5-4-11-13(21-12)19-9-8-18-11/h4-5,8-9H,2-3,6-7,10H2,1H3,(H,19,20,21). The Hall–Kier alpha value is -1.89. The lowest BCUT2D eigenvalue weighted by molar-refractivity contribution is -0.185. The number of anilines is 1. The molecule has 7 heteroatoms. The van der Waals surface area contributed by atoms with E-state index in [-0.39, 0.29) is 0 Å². The van der Waals surface area contributed by atoms with Crippen molar-refractivity contribution in [2.75, 3.05) is 19.0 Å². The van der Waals surface area contributed by atoms with Crippen molar-refractivity contribution in [3.8, 4) is 0 Å². The first-order valence-corrected chi connectivity index (χ1v) is 7.31. The molecule has 1 N–H and O–H groups in total. The molecule has 0 amide bonds. The van der Waals surface area contributed by atoms with E-state index in [1.54, 1.807) is 18.3 Å². The van der Waals surface area contributed by atoms with Gasteiger partial charge in [-0.15, -0.1) is 0 Å². The maximum Gasteiger partial charge on any atom is 0.293 e. The third-order valence-corrected chi connectivity index (χ3v) is 4.29. The van der Waals surface area contributed by atoms with Crippen LogP contribution in [0.1, 0.15) is 25.7 Å². The average molecular weight is 308 g/mol. The maximum absolute atomic E-state index is 14.5. The number of methoxy groups -OCH3 is 1. The largest absolute Gasteiger partial charge is 0.372 e. The van der Waals surface area contributed by atoms with Gasteiger partial charge in [-0.3, -0.25) is 4.98 Å². The minimum Gasteiger partial charge on any atom is -0.372 e. The Morgan fingerprint density at radius 2 is 1.95 bits per heavy atom. The normalized spacial score (nSPS) is 17.8. The van der Waals surface area contributed by atoms with E-state index in [1.807, 2.05) is 0 Å². The summed E-state index contributed by atoms with van der Waals surface area (Å²) in [5.74, 6) is -2.60. The molecular weight excluding hydrogens is 290 g/mol. The van der Waals surface area contributed by atoms with E-state index in [4.69, 9.17) is 4.74 Å². The molecule has 2 aromatic rings. The van der Waals surface area contributed by atoms with E-state index in [1.165, 1.54) is 13.3 Å². The molecule has 1 aliphatic rings. The zero-order valence-corrected chi connectivity index (χ0v) is 12.4. The van der Waals surface area contributed by atoms with Gasteiger partial charge < -0.3 is 10.1 Å². The number of rotatable bonds is 5. The minimum absolute atomic E-state index is 0.358. The number of fused-ring (bicyclic) bond motifs is 1. The van der Waals surface area contributed by atoms with Gasteiger partial charge in [-0.05, 0) is 25.0 Å². The predicted octanol–water partition coefficient (Wildman–Crippen LogP) is 3.03. The fourth-order valence-electron chi connectivity index (χ4n) is 2.98. The van der Waals surface area contributed by atoms with Crippen LogP contribution >= 0.6 is 0 Å². The van der Waals surface area contributed by atoms with Crippen molar-refractivity contribution in [1.82, 2.24) is 15.0 Å². The van der Waals surface area contributed by atoms with Crippen LogP contribution in [0.2, 0.25) is 0 Å². The molecule has 1 aliphatic carbocycles. The lowest BCUT2D eigenvalue weighted by atomic mass is 9.93. The monoisotopic (exact) mass is 308 g/mol. The molecule has 118 valence electrons. The van der Waals surface area contributed by atoms with Crippen molar-refractivity contribution in [2.24, 2.45) is 0 Å². The summed E-state index contributed by atoms with van der Waals surface area (Å²) in [6, 6.07) is 3.33. The highest BCUT2D eigenvalue weighted by atomic mass is 19.3. The van der Waals surface area contributed by atoms with Gasteiger partial charge in [-0.2, -0.15) is 0 Å². The third-order valence-electron chi connectivity index (χ3n) is 4.29. The Balaban J connectivity index is 1.75. The molecule has 0 radical (unpaired) electrons. The topological polar surface area (TPSA) is 59.9 Å². The second kappa shape index (κ2) is 5.72. The molecular formula is C15H18F2N4O. The van der Waals surface area contributed by atoms with E-state index in [0.717, 1.165) is 12.8 Å². The number of pyridine rings is 1. The second-order valence-corrected chi connectivity index (χ2v) is 5.56. The molecule has 3 rings (SSSR count). The average Bonchev–Trinajstić information content (AvgIpc) is 3.04. The van der Waals surface area contributed by atoms with Gasteiger partial charge >= 0.3 is 0 Å². The summed E-state index contributed by atoms with van der Waals surface area (Å²) in [6.45, 7) is -0.514. The lowest BCUT2D eigenvalue weighted by Crippen LogP contribution is -2.51.